The van der Waals surface area contributed by atoms with E-state index < -0.39 is 5.97 Å². The van der Waals surface area contributed by atoms with Crippen molar-refractivity contribution in [1.29, 1.82) is 0 Å². The fraction of sp³-hybridized carbons (Fsp3) is 0.316. The average Bonchev–Trinajstić information content (AvgIpc) is 2.97. The lowest BCUT2D eigenvalue weighted by Crippen LogP contribution is -2.30. The standard InChI is InChI=1S/C19H20ClNO2/c20-18-6-2-1-4-16(18)12-17-5-3-11-21(17)13-14-7-9-15(10-8-14)19(22)23/h1-2,4,6-10,17H,3,5,11-13H2,(H,22,23). The first-order chi connectivity index (χ1) is 11.1. The van der Waals surface area contributed by atoms with Crippen LogP contribution in [0.25, 0.3) is 0 Å². The molecule has 1 fully saturated rings. The number of carboxylic acids is 1. The second-order valence-electron chi connectivity index (χ2n) is 6.06. The molecule has 4 heteroatoms. The number of likely N-dealkylation sites (tertiary alicyclic amines) is 1. The van der Waals surface area contributed by atoms with E-state index in [-0.39, 0.29) is 0 Å². The third kappa shape index (κ3) is 3.92. The van der Waals surface area contributed by atoms with Crippen molar-refractivity contribution in [3.63, 3.8) is 0 Å². The van der Waals surface area contributed by atoms with Gasteiger partial charge in [0, 0.05) is 17.6 Å². The van der Waals surface area contributed by atoms with Crippen LogP contribution in [0.1, 0.15) is 34.3 Å². The number of aromatic carboxylic acids is 1. The summed E-state index contributed by atoms with van der Waals surface area (Å²) in [7, 11) is 0. The summed E-state index contributed by atoms with van der Waals surface area (Å²) in [6, 6.07) is 15.7. The van der Waals surface area contributed by atoms with Crippen LogP contribution in [0.2, 0.25) is 5.02 Å². The van der Waals surface area contributed by atoms with Gasteiger partial charge in [-0.3, -0.25) is 4.90 Å². The van der Waals surface area contributed by atoms with Crippen molar-refractivity contribution in [2.45, 2.75) is 31.8 Å². The lowest BCUT2D eigenvalue weighted by molar-refractivity contribution is 0.0697. The van der Waals surface area contributed by atoms with Crippen LogP contribution in [0.4, 0.5) is 0 Å². The zero-order valence-electron chi connectivity index (χ0n) is 12.9. The van der Waals surface area contributed by atoms with Crippen LogP contribution in [-0.2, 0) is 13.0 Å². The van der Waals surface area contributed by atoms with Crippen molar-refractivity contribution in [3.05, 3.63) is 70.2 Å². The Morgan fingerprint density at radius 3 is 2.61 bits per heavy atom. The van der Waals surface area contributed by atoms with Gasteiger partial charge in [0.2, 0.25) is 0 Å². The van der Waals surface area contributed by atoms with E-state index in [1.165, 1.54) is 18.4 Å². The molecule has 0 amide bonds. The molecule has 1 aliphatic rings. The molecule has 1 heterocycles. The molecule has 23 heavy (non-hydrogen) atoms. The third-order valence-corrected chi connectivity index (χ3v) is 4.87. The maximum atomic E-state index is 10.9. The fourth-order valence-electron chi connectivity index (χ4n) is 3.24. The Morgan fingerprint density at radius 1 is 1.17 bits per heavy atom. The summed E-state index contributed by atoms with van der Waals surface area (Å²) in [5.41, 5.74) is 2.69. The van der Waals surface area contributed by atoms with E-state index in [4.69, 9.17) is 16.7 Å². The van der Waals surface area contributed by atoms with Gasteiger partial charge < -0.3 is 5.11 Å². The summed E-state index contributed by atoms with van der Waals surface area (Å²) in [6.45, 7) is 1.94. The molecule has 0 saturated carbocycles. The Morgan fingerprint density at radius 2 is 1.91 bits per heavy atom. The van der Waals surface area contributed by atoms with Crippen LogP contribution < -0.4 is 0 Å². The van der Waals surface area contributed by atoms with E-state index in [1.807, 2.05) is 30.3 Å². The van der Waals surface area contributed by atoms with Crippen LogP contribution in [0, 0.1) is 0 Å². The van der Waals surface area contributed by atoms with Crippen LogP contribution in [0.3, 0.4) is 0 Å². The van der Waals surface area contributed by atoms with Gasteiger partial charge in [-0.2, -0.15) is 0 Å². The second kappa shape index (κ2) is 7.16. The summed E-state index contributed by atoms with van der Waals surface area (Å²) in [6.07, 6.45) is 3.34. The molecule has 2 aromatic carbocycles. The molecule has 0 aromatic heterocycles. The predicted molar refractivity (Wildman–Crippen MR) is 92.0 cm³/mol. The van der Waals surface area contributed by atoms with E-state index in [1.54, 1.807) is 12.1 Å². The third-order valence-electron chi connectivity index (χ3n) is 4.50. The molecule has 0 spiro atoms. The molecule has 0 bridgehead atoms. The Balaban J connectivity index is 1.67. The largest absolute Gasteiger partial charge is 0.478 e. The van der Waals surface area contributed by atoms with Gasteiger partial charge in [-0.25, -0.2) is 4.79 Å². The van der Waals surface area contributed by atoms with Crippen LogP contribution in [0.15, 0.2) is 48.5 Å². The smallest absolute Gasteiger partial charge is 0.335 e. The number of carboxylic acid groups (broad SMARTS) is 1. The maximum absolute atomic E-state index is 10.9. The predicted octanol–water partition coefficient (Wildman–Crippen LogP) is 4.25. The molecule has 3 rings (SSSR count). The van der Waals surface area contributed by atoms with Crippen molar-refractivity contribution >= 4 is 17.6 Å². The van der Waals surface area contributed by atoms with Gasteiger partial charge in [-0.05, 0) is 55.1 Å². The van der Waals surface area contributed by atoms with Gasteiger partial charge in [0.05, 0.1) is 5.56 Å². The van der Waals surface area contributed by atoms with Gasteiger partial charge >= 0.3 is 5.97 Å². The van der Waals surface area contributed by atoms with Gasteiger partial charge in [-0.15, -0.1) is 0 Å². The molecular formula is C19H20ClNO2. The number of halogens is 1. The highest BCUT2D eigenvalue weighted by molar-refractivity contribution is 6.31. The Labute approximate surface area is 141 Å². The molecule has 2 aromatic rings. The van der Waals surface area contributed by atoms with Crippen molar-refractivity contribution in [2.24, 2.45) is 0 Å². The molecule has 3 nitrogen and oxygen atoms in total. The Kier molecular flexibility index (Phi) is 4.99. The number of benzene rings is 2. The minimum absolute atomic E-state index is 0.336. The highest BCUT2D eigenvalue weighted by Crippen LogP contribution is 2.26. The van der Waals surface area contributed by atoms with Crippen LogP contribution in [0.5, 0.6) is 0 Å². The first kappa shape index (κ1) is 16.0. The topological polar surface area (TPSA) is 40.5 Å². The van der Waals surface area contributed by atoms with Crippen LogP contribution in [-0.4, -0.2) is 28.6 Å². The molecule has 1 atom stereocenters. The highest BCUT2D eigenvalue weighted by atomic mass is 35.5. The number of carbonyl (C=O) groups is 1. The zero-order chi connectivity index (χ0) is 16.2. The molecular weight excluding hydrogens is 310 g/mol. The minimum atomic E-state index is -0.880. The molecule has 120 valence electrons. The van der Waals surface area contributed by atoms with E-state index >= 15 is 0 Å². The number of hydrogen-bond donors (Lipinski definition) is 1. The SMILES string of the molecule is O=C(O)c1ccc(CN2CCCC2Cc2ccccc2Cl)cc1. The zero-order valence-corrected chi connectivity index (χ0v) is 13.7. The Bertz CT molecular complexity index is 684. The number of rotatable bonds is 5. The lowest BCUT2D eigenvalue weighted by Gasteiger charge is -2.25. The maximum Gasteiger partial charge on any atom is 0.335 e. The second-order valence-corrected chi connectivity index (χ2v) is 6.47. The first-order valence-corrected chi connectivity index (χ1v) is 8.31. The van der Waals surface area contributed by atoms with E-state index in [0.29, 0.717) is 11.6 Å². The highest BCUT2D eigenvalue weighted by Gasteiger charge is 2.25. The molecule has 1 saturated heterocycles. The van der Waals surface area contributed by atoms with Crippen molar-refractivity contribution < 1.29 is 9.90 Å². The van der Waals surface area contributed by atoms with E-state index in [0.717, 1.165) is 30.1 Å². The molecule has 1 unspecified atom stereocenters. The fourth-order valence-corrected chi connectivity index (χ4v) is 3.45. The van der Waals surface area contributed by atoms with Gasteiger partial charge in [0.1, 0.15) is 0 Å². The monoisotopic (exact) mass is 329 g/mol. The van der Waals surface area contributed by atoms with Gasteiger partial charge in [0.15, 0.2) is 0 Å². The van der Waals surface area contributed by atoms with Crippen molar-refractivity contribution in [1.82, 2.24) is 4.90 Å². The number of nitrogens with zero attached hydrogens (tertiary/aromatic N) is 1. The molecule has 0 aliphatic carbocycles. The van der Waals surface area contributed by atoms with Crippen LogP contribution >= 0.6 is 11.6 Å². The summed E-state index contributed by atoms with van der Waals surface area (Å²) < 4.78 is 0. The quantitative estimate of drug-likeness (QED) is 0.891. The van der Waals surface area contributed by atoms with Crippen molar-refractivity contribution in [2.75, 3.05) is 6.54 Å². The van der Waals surface area contributed by atoms with E-state index in [2.05, 4.69) is 11.0 Å². The average molecular weight is 330 g/mol. The van der Waals surface area contributed by atoms with Crippen molar-refractivity contribution in [3.8, 4) is 0 Å². The molecule has 1 N–H and O–H groups in total. The van der Waals surface area contributed by atoms with Gasteiger partial charge in [0.25, 0.3) is 0 Å². The first-order valence-electron chi connectivity index (χ1n) is 7.93. The number of hydrogen-bond acceptors (Lipinski definition) is 2. The summed E-state index contributed by atoms with van der Waals surface area (Å²) in [5.74, 6) is -0.880. The summed E-state index contributed by atoms with van der Waals surface area (Å²) >= 11 is 6.28. The normalized spacial score (nSPS) is 18.2. The van der Waals surface area contributed by atoms with Gasteiger partial charge in [-0.1, -0.05) is 41.9 Å². The Hall–Kier alpha value is -1.84. The van der Waals surface area contributed by atoms with E-state index in [9.17, 15) is 4.79 Å². The minimum Gasteiger partial charge on any atom is -0.478 e. The molecule has 1 aliphatic heterocycles. The summed E-state index contributed by atoms with van der Waals surface area (Å²) in [4.78, 5) is 13.4. The molecule has 0 radical (unpaired) electrons. The summed E-state index contributed by atoms with van der Waals surface area (Å²) in [5, 5.41) is 9.81. The lowest BCUT2D eigenvalue weighted by atomic mass is 10.0.